The number of halogens is 2. The van der Waals surface area contributed by atoms with Crippen LogP contribution in [0.4, 0.5) is 8.78 Å². The predicted molar refractivity (Wildman–Crippen MR) is 61.3 cm³/mol. The number of rotatable bonds is 3. The van der Waals surface area contributed by atoms with E-state index in [1.54, 1.807) is 0 Å². The fraction of sp³-hybridized carbons (Fsp3) is 0.538. The molecule has 1 aliphatic rings. The number of hydrogen-bond acceptors (Lipinski definition) is 2. The molecule has 2 rings (SSSR count). The largest absolute Gasteiger partial charge is 0.391 e. The average molecular weight is 241 g/mol. The zero-order valence-electron chi connectivity index (χ0n) is 9.57. The van der Waals surface area contributed by atoms with Gasteiger partial charge in [0.05, 0.1) is 12.1 Å². The summed E-state index contributed by atoms with van der Waals surface area (Å²) in [6.45, 7) is 0. The van der Waals surface area contributed by atoms with Crippen LogP contribution in [0.1, 0.15) is 37.3 Å². The van der Waals surface area contributed by atoms with Gasteiger partial charge in [0.25, 0.3) is 0 Å². The first-order chi connectivity index (χ1) is 8.09. The molecule has 1 saturated carbocycles. The Bertz CT molecular complexity index is 391. The summed E-state index contributed by atoms with van der Waals surface area (Å²) in [4.78, 5) is 0. The third-order valence-corrected chi connectivity index (χ3v) is 3.57. The molecule has 17 heavy (non-hydrogen) atoms. The summed E-state index contributed by atoms with van der Waals surface area (Å²) in [6, 6.07) is 2.50. The Labute approximate surface area is 99.4 Å². The standard InChI is InChI=1S/C13H17F2NO/c14-9-5-6-10(11(15)7-9)12(16)13(17)8-3-1-2-4-8/h5-8,12-13,17H,1-4,16H2/t12-,13+/m1/s1. The van der Waals surface area contributed by atoms with Crippen molar-refractivity contribution < 1.29 is 13.9 Å². The topological polar surface area (TPSA) is 46.2 Å². The maximum Gasteiger partial charge on any atom is 0.130 e. The molecular formula is C13H17F2NO. The van der Waals surface area contributed by atoms with Crippen molar-refractivity contribution in [2.24, 2.45) is 11.7 Å². The lowest BCUT2D eigenvalue weighted by Gasteiger charge is -2.24. The first-order valence-electron chi connectivity index (χ1n) is 5.98. The Morgan fingerprint density at radius 2 is 1.88 bits per heavy atom. The van der Waals surface area contributed by atoms with E-state index in [2.05, 4.69) is 0 Å². The monoisotopic (exact) mass is 241 g/mol. The van der Waals surface area contributed by atoms with Crippen LogP contribution >= 0.6 is 0 Å². The fourth-order valence-corrected chi connectivity index (χ4v) is 2.55. The Hall–Kier alpha value is -1.00. The van der Waals surface area contributed by atoms with Crippen LogP contribution in [-0.2, 0) is 0 Å². The molecule has 2 nitrogen and oxygen atoms in total. The Morgan fingerprint density at radius 3 is 2.47 bits per heavy atom. The van der Waals surface area contributed by atoms with Gasteiger partial charge in [-0.15, -0.1) is 0 Å². The van der Waals surface area contributed by atoms with Crippen molar-refractivity contribution in [3.8, 4) is 0 Å². The Balaban J connectivity index is 2.15. The average Bonchev–Trinajstić information content (AvgIpc) is 2.80. The van der Waals surface area contributed by atoms with E-state index in [1.807, 2.05) is 0 Å². The number of benzene rings is 1. The molecule has 1 aromatic carbocycles. The summed E-state index contributed by atoms with van der Waals surface area (Å²) in [5, 5.41) is 10.1. The molecule has 0 amide bonds. The molecule has 3 N–H and O–H groups in total. The summed E-state index contributed by atoms with van der Waals surface area (Å²) in [6.07, 6.45) is 3.27. The van der Waals surface area contributed by atoms with E-state index in [0.717, 1.165) is 31.7 Å². The van der Waals surface area contributed by atoms with Crippen LogP contribution in [0.2, 0.25) is 0 Å². The maximum absolute atomic E-state index is 13.5. The lowest BCUT2D eigenvalue weighted by molar-refractivity contribution is 0.0832. The van der Waals surface area contributed by atoms with Gasteiger partial charge in [-0.25, -0.2) is 8.78 Å². The maximum atomic E-state index is 13.5. The van der Waals surface area contributed by atoms with Gasteiger partial charge < -0.3 is 10.8 Å². The van der Waals surface area contributed by atoms with Gasteiger partial charge in [-0.1, -0.05) is 18.9 Å². The minimum atomic E-state index is -0.779. The number of aliphatic hydroxyl groups is 1. The summed E-state index contributed by atoms with van der Waals surface area (Å²) in [5.74, 6) is -1.18. The van der Waals surface area contributed by atoms with E-state index in [4.69, 9.17) is 5.73 Å². The van der Waals surface area contributed by atoms with Gasteiger partial charge in [0.2, 0.25) is 0 Å². The smallest absolute Gasteiger partial charge is 0.130 e. The van der Waals surface area contributed by atoms with E-state index in [1.165, 1.54) is 12.1 Å². The molecule has 1 fully saturated rings. The van der Waals surface area contributed by atoms with Crippen molar-refractivity contribution in [2.45, 2.75) is 37.8 Å². The highest BCUT2D eigenvalue weighted by molar-refractivity contribution is 5.23. The zero-order chi connectivity index (χ0) is 12.4. The van der Waals surface area contributed by atoms with Gasteiger partial charge in [0.15, 0.2) is 0 Å². The molecule has 2 atom stereocenters. The van der Waals surface area contributed by atoms with Gasteiger partial charge in [-0.3, -0.25) is 0 Å². The third-order valence-electron chi connectivity index (χ3n) is 3.57. The quantitative estimate of drug-likeness (QED) is 0.854. The second kappa shape index (κ2) is 5.10. The van der Waals surface area contributed by atoms with Crippen molar-refractivity contribution >= 4 is 0 Å². The van der Waals surface area contributed by atoms with Crippen LogP contribution in [-0.4, -0.2) is 11.2 Å². The highest BCUT2D eigenvalue weighted by Gasteiger charge is 2.30. The lowest BCUT2D eigenvalue weighted by atomic mass is 9.90. The number of aliphatic hydroxyl groups excluding tert-OH is 1. The molecule has 0 heterocycles. The van der Waals surface area contributed by atoms with Crippen LogP contribution in [0.15, 0.2) is 18.2 Å². The van der Waals surface area contributed by atoms with Crippen molar-refractivity contribution in [3.05, 3.63) is 35.4 Å². The number of hydrogen-bond donors (Lipinski definition) is 2. The summed E-state index contributed by atoms with van der Waals surface area (Å²) in [5.41, 5.74) is 6.04. The lowest BCUT2D eigenvalue weighted by Crippen LogP contribution is -2.32. The normalized spacial score (nSPS) is 20.5. The predicted octanol–water partition coefficient (Wildman–Crippen LogP) is 2.52. The molecule has 0 saturated heterocycles. The first kappa shape index (κ1) is 12.5. The molecule has 94 valence electrons. The third kappa shape index (κ3) is 2.64. The van der Waals surface area contributed by atoms with Crippen LogP contribution in [0, 0.1) is 17.6 Å². The van der Waals surface area contributed by atoms with E-state index in [9.17, 15) is 13.9 Å². The SMILES string of the molecule is N[C@H](c1ccc(F)cc1F)[C@@H](O)C1CCCC1. The summed E-state index contributed by atoms with van der Waals surface area (Å²) >= 11 is 0. The van der Waals surface area contributed by atoms with Crippen LogP contribution < -0.4 is 5.73 Å². The van der Waals surface area contributed by atoms with Gasteiger partial charge in [-0.05, 0) is 24.8 Å². The summed E-state index contributed by atoms with van der Waals surface area (Å²) in [7, 11) is 0. The van der Waals surface area contributed by atoms with Crippen molar-refractivity contribution in [1.82, 2.24) is 0 Å². The van der Waals surface area contributed by atoms with Gasteiger partial charge in [0, 0.05) is 11.6 Å². The highest BCUT2D eigenvalue weighted by Crippen LogP contribution is 2.33. The molecule has 4 heteroatoms. The molecule has 1 aromatic rings. The van der Waals surface area contributed by atoms with Crippen molar-refractivity contribution in [1.29, 1.82) is 0 Å². The molecule has 0 aromatic heterocycles. The second-order valence-corrected chi connectivity index (χ2v) is 4.73. The van der Waals surface area contributed by atoms with E-state index in [0.29, 0.717) is 0 Å². The van der Waals surface area contributed by atoms with Crippen molar-refractivity contribution in [2.75, 3.05) is 0 Å². The first-order valence-corrected chi connectivity index (χ1v) is 5.98. The molecule has 0 aliphatic heterocycles. The van der Waals surface area contributed by atoms with Gasteiger partial charge >= 0.3 is 0 Å². The highest BCUT2D eigenvalue weighted by atomic mass is 19.1. The minimum Gasteiger partial charge on any atom is -0.391 e. The van der Waals surface area contributed by atoms with E-state index < -0.39 is 23.8 Å². The molecular weight excluding hydrogens is 224 g/mol. The van der Waals surface area contributed by atoms with Gasteiger partial charge in [-0.2, -0.15) is 0 Å². The molecule has 1 aliphatic carbocycles. The van der Waals surface area contributed by atoms with E-state index in [-0.39, 0.29) is 11.5 Å². The van der Waals surface area contributed by atoms with E-state index >= 15 is 0 Å². The minimum absolute atomic E-state index is 0.134. The second-order valence-electron chi connectivity index (χ2n) is 4.73. The van der Waals surface area contributed by atoms with Crippen LogP contribution in [0.25, 0.3) is 0 Å². The fourth-order valence-electron chi connectivity index (χ4n) is 2.55. The van der Waals surface area contributed by atoms with Gasteiger partial charge in [0.1, 0.15) is 11.6 Å². The van der Waals surface area contributed by atoms with Crippen LogP contribution in [0.3, 0.4) is 0 Å². The Kier molecular flexibility index (Phi) is 3.74. The summed E-state index contributed by atoms with van der Waals surface area (Å²) < 4.78 is 26.3. The molecule has 0 spiro atoms. The Morgan fingerprint density at radius 1 is 1.24 bits per heavy atom. The number of nitrogens with two attached hydrogens (primary N) is 1. The molecule has 0 unspecified atom stereocenters. The van der Waals surface area contributed by atoms with Crippen molar-refractivity contribution in [3.63, 3.8) is 0 Å². The molecule has 0 bridgehead atoms. The zero-order valence-corrected chi connectivity index (χ0v) is 9.57. The van der Waals surface area contributed by atoms with Crippen LogP contribution in [0.5, 0.6) is 0 Å². The molecule has 0 radical (unpaired) electrons.